The summed E-state index contributed by atoms with van der Waals surface area (Å²) in [6, 6.07) is 2.48. The summed E-state index contributed by atoms with van der Waals surface area (Å²) in [4.78, 5) is 18.1. The van der Waals surface area contributed by atoms with Crippen molar-refractivity contribution >= 4 is 29.0 Å². The first-order valence-electron chi connectivity index (χ1n) is 6.71. The number of hydrogen-bond acceptors (Lipinski definition) is 3. The normalized spacial score (nSPS) is 19.3. The second kappa shape index (κ2) is 6.24. The number of piperidine rings is 1. The zero-order valence-electron chi connectivity index (χ0n) is 11.4. The van der Waals surface area contributed by atoms with Crippen molar-refractivity contribution in [2.45, 2.75) is 39.2 Å². The van der Waals surface area contributed by atoms with Crippen molar-refractivity contribution in [3.8, 4) is 0 Å². The smallest absolute Gasteiger partial charge is 0.239 e. The Bertz CT molecular complexity index is 464. The number of nitrogens with one attached hydrogen (secondary N) is 1. The topological polar surface area (TPSA) is 45.2 Å². The summed E-state index contributed by atoms with van der Waals surface area (Å²) in [5.74, 6) is 0.780. The van der Waals surface area contributed by atoms with Crippen LogP contribution in [0.25, 0.3) is 0 Å². The number of aryl methyl sites for hydroxylation is 1. The molecule has 5 heteroatoms. The summed E-state index contributed by atoms with van der Waals surface area (Å²) < 4.78 is 0. The Balaban J connectivity index is 2.16. The first-order valence-corrected chi connectivity index (χ1v) is 7.24. The first kappa shape index (κ1) is 14.1. The zero-order valence-corrected chi connectivity index (χ0v) is 12.2. The van der Waals surface area contributed by atoms with Crippen molar-refractivity contribution in [3.63, 3.8) is 0 Å². The lowest BCUT2D eigenvalue weighted by Crippen LogP contribution is -2.38. The van der Waals surface area contributed by atoms with E-state index in [1.165, 1.54) is 19.3 Å². The molecule has 0 spiro atoms. The van der Waals surface area contributed by atoms with Gasteiger partial charge in [0.05, 0.1) is 11.9 Å². The van der Waals surface area contributed by atoms with E-state index in [0.717, 1.165) is 17.9 Å². The van der Waals surface area contributed by atoms with Gasteiger partial charge in [-0.15, -0.1) is 11.6 Å². The van der Waals surface area contributed by atoms with Crippen LogP contribution in [0.4, 0.5) is 11.5 Å². The summed E-state index contributed by atoms with van der Waals surface area (Å²) >= 11 is 5.47. The monoisotopic (exact) mass is 281 g/mol. The number of anilines is 2. The number of aromatic nitrogens is 1. The minimum absolute atomic E-state index is 0.0377. The minimum atomic E-state index is -0.207. The van der Waals surface area contributed by atoms with Crippen LogP contribution in [-0.2, 0) is 4.79 Å². The van der Waals surface area contributed by atoms with Gasteiger partial charge in [-0.2, -0.15) is 0 Å². The maximum Gasteiger partial charge on any atom is 0.239 e. The number of rotatable bonds is 3. The lowest BCUT2D eigenvalue weighted by Gasteiger charge is -2.35. The van der Waals surface area contributed by atoms with E-state index in [9.17, 15) is 4.79 Å². The predicted octanol–water partition coefficient (Wildman–Crippen LogP) is 2.95. The summed E-state index contributed by atoms with van der Waals surface area (Å²) in [5, 5.41) is 2.72. The molecule has 19 heavy (non-hydrogen) atoms. The number of nitrogens with zero attached hydrogens (tertiary/aromatic N) is 2. The molecule has 1 amide bonds. The molecule has 1 atom stereocenters. The SMILES string of the molecule is Cc1cc(NC(=O)CCl)cnc1N1CCCCC1C. The number of amides is 1. The molecule has 2 heterocycles. The lowest BCUT2D eigenvalue weighted by atomic mass is 10.0. The largest absolute Gasteiger partial charge is 0.354 e. The third kappa shape index (κ3) is 3.38. The van der Waals surface area contributed by atoms with Crippen LogP contribution in [0.3, 0.4) is 0 Å². The predicted molar refractivity (Wildman–Crippen MR) is 79.0 cm³/mol. The van der Waals surface area contributed by atoms with Crippen LogP contribution in [0.1, 0.15) is 31.7 Å². The highest BCUT2D eigenvalue weighted by atomic mass is 35.5. The van der Waals surface area contributed by atoms with Crippen LogP contribution in [0.2, 0.25) is 0 Å². The second-order valence-electron chi connectivity index (χ2n) is 5.08. The summed E-state index contributed by atoms with van der Waals surface area (Å²) in [6.45, 7) is 5.33. The zero-order chi connectivity index (χ0) is 13.8. The average Bonchev–Trinajstić information content (AvgIpc) is 2.40. The van der Waals surface area contributed by atoms with E-state index >= 15 is 0 Å². The molecule has 1 aromatic heterocycles. The Morgan fingerprint density at radius 1 is 1.58 bits per heavy atom. The summed E-state index contributed by atoms with van der Waals surface area (Å²) in [7, 11) is 0. The molecule has 0 radical (unpaired) electrons. The molecule has 0 aliphatic carbocycles. The van der Waals surface area contributed by atoms with E-state index in [-0.39, 0.29) is 11.8 Å². The molecule has 1 saturated heterocycles. The van der Waals surface area contributed by atoms with Gasteiger partial charge in [0.15, 0.2) is 0 Å². The van der Waals surface area contributed by atoms with Crippen LogP contribution >= 0.6 is 11.6 Å². The Morgan fingerprint density at radius 2 is 2.37 bits per heavy atom. The van der Waals surface area contributed by atoms with Crippen molar-refractivity contribution in [2.75, 3.05) is 22.6 Å². The van der Waals surface area contributed by atoms with Crippen molar-refractivity contribution in [3.05, 3.63) is 17.8 Å². The number of carbonyl (C=O) groups is 1. The number of hydrogen-bond donors (Lipinski definition) is 1. The fourth-order valence-corrected chi connectivity index (χ4v) is 2.61. The molecule has 1 N–H and O–H groups in total. The van der Waals surface area contributed by atoms with Gasteiger partial charge in [-0.3, -0.25) is 4.79 Å². The molecule has 104 valence electrons. The molecule has 0 saturated carbocycles. The quantitative estimate of drug-likeness (QED) is 0.867. The van der Waals surface area contributed by atoms with Gasteiger partial charge in [0, 0.05) is 12.6 Å². The minimum Gasteiger partial charge on any atom is -0.354 e. The highest BCUT2D eigenvalue weighted by Gasteiger charge is 2.21. The Labute approximate surface area is 119 Å². The van der Waals surface area contributed by atoms with Crippen LogP contribution < -0.4 is 10.2 Å². The molecule has 1 fully saturated rings. The Morgan fingerprint density at radius 3 is 3.00 bits per heavy atom. The molecular formula is C14H20ClN3O. The van der Waals surface area contributed by atoms with Crippen molar-refractivity contribution < 1.29 is 4.79 Å². The number of alkyl halides is 1. The van der Waals surface area contributed by atoms with Crippen molar-refractivity contribution in [1.29, 1.82) is 0 Å². The third-order valence-corrected chi connectivity index (χ3v) is 3.77. The van der Waals surface area contributed by atoms with E-state index in [2.05, 4.69) is 22.1 Å². The van der Waals surface area contributed by atoms with E-state index in [1.54, 1.807) is 6.20 Å². The van der Waals surface area contributed by atoms with Crippen LogP contribution in [0.5, 0.6) is 0 Å². The van der Waals surface area contributed by atoms with Crippen LogP contribution in [0.15, 0.2) is 12.3 Å². The van der Waals surface area contributed by atoms with Gasteiger partial charge < -0.3 is 10.2 Å². The fourth-order valence-electron chi connectivity index (χ4n) is 2.54. The number of pyridine rings is 1. The maximum atomic E-state index is 11.2. The van der Waals surface area contributed by atoms with E-state index in [1.807, 2.05) is 13.0 Å². The molecule has 4 nitrogen and oxygen atoms in total. The van der Waals surface area contributed by atoms with Crippen molar-refractivity contribution in [2.24, 2.45) is 0 Å². The molecule has 0 bridgehead atoms. The third-order valence-electron chi connectivity index (χ3n) is 3.53. The number of halogens is 1. The van der Waals surface area contributed by atoms with E-state index in [0.29, 0.717) is 11.7 Å². The van der Waals surface area contributed by atoms with Crippen molar-refractivity contribution in [1.82, 2.24) is 4.98 Å². The molecule has 1 aliphatic heterocycles. The summed E-state index contributed by atoms with van der Waals surface area (Å²) in [5.41, 5.74) is 1.79. The maximum absolute atomic E-state index is 11.2. The van der Waals surface area contributed by atoms with Gasteiger partial charge in [-0.1, -0.05) is 0 Å². The van der Waals surface area contributed by atoms with Gasteiger partial charge in [0.1, 0.15) is 11.7 Å². The van der Waals surface area contributed by atoms with Gasteiger partial charge in [0.2, 0.25) is 5.91 Å². The molecule has 2 rings (SSSR count). The highest BCUT2D eigenvalue weighted by molar-refractivity contribution is 6.29. The molecule has 1 aromatic rings. The van der Waals surface area contributed by atoms with Gasteiger partial charge >= 0.3 is 0 Å². The standard InChI is InChI=1S/C14H20ClN3O/c1-10-7-12(17-13(19)8-15)9-16-14(10)18-6-4-3-5-11(18)2/h7,9,11H,3-6,8H2,1-2H3,(H,17,19). The average molecular weight is 282 g/mol. The van der Waals surface area contributed by atoms with Crippen LogP contribution in [-0.4, -0.2) is 29.4 Å². The lowest BCUT2D eigenvalue weighted by molar-refractivity contribution is -0.113. The van der Waals surface area contributed by atoms with Gasteiger partial charge in [-0.25, -0.2) is 4.98 Å². The first-order chi connectivity index (χ1) is 9.11. The molecular weight excluding hydrogens is 262 g/mol. The molecule has 1 unspecified atom stereocenters. The van der Waals surface area contributed by atoms with E-state index in [4.69, 9.17) is 11.6 Å². The Hall–Kier alpha value is -1.29. The molecule has 0 aromatic carbocycles. The molecule has 1 aliphatic rings. The van der Waals surface area contributed by atoms with Crippen LogP contribution in [0, 0.1) is 6.92 Å². The number of carbonyl (C=O) groups excluding carboxylic acids is 1. The van der Waals surface area contributed by atoms with Gasteiger partial charge in [-0.05, 0) is 44.7 Å². The fraction of sp³-hybridized carbons (Fsp3) is 0.571. The summed E-state index contributed by atoms with van der Waals surface area (Å²) in [6.07, 6.45) is 5.43. The van der Waals surface area contributed by atoms with E-state index < -0.39 is 0 Å². The second-order valence-corrected chi connectivity index (χ2v) is 5.35. The van der Waals surface area contributed by atoms with Gasteiger partial charge in [0.25, 0.3) is 0 Å². The highest BCUT2D eigenvalue weighted by Crippen LogP contribution is 2.27. The Kier molecular flexibility index (Phi) is 4.64.